The minimum atomic E-state index is -3.63. The van der Waals surface area contributed by atoms with E-state index in [0.717, 1.165) is 27.7 Å². The van der Waals surface area contributed by atoms with Crippen LogP contribution in [-0.4, -0.2) is 18.8 Å². The van der Waals surface area contributed by atoms with Crippen molar-refractivity contribution in [2.75, 3.05) is 14.2 Å². The van der Waals surface area contributed by atoms with E-state index in [9.17, 15) is 8.96 Å². The minimum absolute atomic E-state index is 0.0263. The van der Waals surface area contributed by atoms with Crippen molar-refractivity contribution >= 4 is 18.7 Å². The van der Waals surface area contributed by atoms with Gasteiger partial charge in [0.25, 0.3) is 0 Å². The Kier molecular flexibility index (Phi) is 5.82. The number of para-hydroxylation sites is 1. The van der Waals surface area contributed by atoms with Gasteiger partial charge in [-0.2, -0.15) is 0 Å². The molecular weight excluding hydrogens is 368 g/mol. The average Bonchev–Trinajstić information content (AvgIpc) is 3.01. The molecule has 27 heavy (non-hydrogen) atoms. The van der Waals surface area contributed by atoms with E-state index in [0.29, 0.717) is 0 Å². The van der Waals surface area contributed by atoms with Gasteiger partial charge >= 0.3 is 7.82 Å². The average molecular weight is 391 g/mol. The molecule has 5 nitrogen and oxygen atoms in total. The third kappa shape index (κ3) is 3.85. The number of aromatic nitrogens is 1. The van der Waals surface area contributed by atoms with Crippen molar-refractivity contribution in [1.29, 1.82) is 0 Å². The SMILES string of the molecule is COP(=O)(OC)OCc1c(-c2ccc(F)cc2)c2ccccc2n1C(C)C. The van der Waals surface area contributed by atoms with Crippen LogP contribution < -0.4 is 0 Å². The maximum absolute atomic E-state index is 13.4. The lowest BCUT2D eigenvalue weighted by atomic mass is 10.0. The molecule has 0 saturated heterocycles. The molecular formula is C20H23FNO4P. The number of benzene rings is 2. The first-order valence-electron chi connectivity index (χ1n) is 8.64. The lowest BCUT2D eigenvalue weighted by molar-refractivity contribution is 0.143. The van der Waals surface area contributed by atoms with Crippen LogP contribution in [0.2, 0.25) is 0 Å². The van der Waals surface area contributed by atoms with Gasteiger partial charge in [0.2, 0.25) is 0 Å². The number of fused-ring (bicyclic) bond motifs is 1. The highest BCUT2D eigenvalue weighted by Crippen LogP contribution is 2.49. The lowest BCUT2D eigenvalue weighted by Crippen LogP contribution is -2.08. The summed E-state index contributed by atoms with van der Waals surface area (Å²) in [6.45, 7) is 4.16. The monoisotopic (exact) mass is 391 g/mol. The van der Waals surface area contributed by atoms with E-state index >= 15 is 0 Å². The van der Waals surface area contributed by atoms with Crippen LogP contribution in [0.25, 0.3) is 22.0 Å². The van der Waals surface area contributed by atoms with Crippen LogP contribution in [0, 0.1) is 5.82 Å². The van der Waals surface area contributed by atoms with Gasteiger partial charge in [-0.1, -0.05) is 30.3 Å². The highest BCUT2D eigenvalue weighted by molar-refractivity contribution is 7.48. The Balaban J connectivity index is 2.22. The van der Waals surface area contributed by atoms with Crippen molar-refractivity contribution < 1.29 is 22.5 Å². The van der Waals surface area contributed by atoms with E-state index in [1.165, 1.54) is 26.4 Å². The molecule has 1 aromatic heterocycles. The van der Waals surface area contributed by atoms with E-state index in [2.05, 4.69) is 18.4 Å². The lowest BCUT2D eigenvalue weighted by Gasteiger charge is -2.18. The van der Waals surface area contributed by atoms with Gasteiger partial charge < -0.3 is 4.57 Å². The zero-order valence-corrected chi connectivity index (χ0v) is 16.7. The van der Waals surface area contributed by atoms with E-state index in [1.54, 1.807) is 12.1 Å². The summed E-state index contributed by atoms with van der Waals surface area (Å²) < 4.78 is 43.3. The molecule has 3 rings (SSSR count). The van der Waals surface area contributed by atoms with Gasteiger partial charge in [0.05, 0.1) is 12.3 Å². The van der Waals surface area contributed by atoms with Gasteiger partial charge in [-0.15, -0.1) is 0 Å². The smallest absolute Gasteiger partial charge is 0.339 e. The van der Waals surface area contributed by atoms with Crippen LogP contribution in [0.3, 0.4) is 0 Å². The summed E-state index contributed by atoms with van der Waals surface area (Å²) in [6.07, 6.45) is 0. The summed E-state index contributed by atoms with van der Waals surface area (Å²) in [5.74, 6) is -0.299. The summed E-state index contributed by atoms with van der Waals surface area (Å²) in [6, 6.07) is 14.4. The molecule has 3 aromatic rings. The number of phosphoric ester groups is 1. The zero-order chi connectivity index (χ0) is 19.6. The Morgan fingerprint density at radius 3 is 2.26 bits per heavy atom. The summed E-state index contributed by atoms with van der Waals surface area (Å²) in [4.78, 5) is 0. The summed E-state index contributed by atoms with van der Waals surface area (Å²) in [5, 5.41) is 1.01. The molecule has 0 radical (unpaired) electrons. The molecule has 0 unspecified atom stereocenters. The molecule has 1 heterocycles. The number of hydrogen-bond donors (Lipinski definition) is 0. The second-order valence-electron chi connectivity index (χ2n) is 6.40. The molecule has 0 bridgehead atoms. The molecule has 7 heteroatoms. The molecule has 2 aromatic carbocycles. The summed E-state index contributed by atoms with van der Waals surface area (Å²) >= 11 is 0. The highest BCUT2D eigenvalue weighted by atomic mass is 31.2. The third-order valence-corrected chi connectivity index (χ3v) is 5.81. The van der Waals surface area contributed by atoms with Crippen LogP contribution in [-0.2, 0) is 24.7 Å². The Bertz CT molecular complexity index is 974. The number of hydrogen-bond acceptors (Lipinski definition) is 4. The molecule has 0 aliphatic heterocycles. The second-order valence-corrected chi connectivity index (χ2v) is 8.28. The van der Waals surface area contributed by atoms with Gasteiger partial charge in [0, 0.05) is 36.7 Å². The Morgan fingerprint density at radius 1 is 1.04 bits per heavy atom. The molecule has 0 fully saturated rings. The van der Waals surface area contributed by atoms with Gasteiger partial charge in [-0.05, 0) is 37.6 Å². The Hall–Kier alpha value is -1.98. The van der Waals surface area contributed by atoms with Crippen molar-refractivity contribution in [1.82, 2.24) is 4.57 Å². The largest absolute Gasteiger partial charge is 0.474 e. The summed E-state index contributed by atoms with van der Waals surface area (Å²) in [5.41, 5.74) is 3.62. The zero-order valence-electron chi connectivity index (χ0n) is 15.8. The van der Waals surface area contributed by atoms with Crippen molar-refractivity contribution in [3.8, 4) is 11.1 Å². The molecule has 0 aliphatic rings. The maximum Gasteiger partial charge on any atom is 0.474 e. The normalized spacial score (nSPS) is 12.2. The van der Waals surface area contributed by atoms with Crippen molar-refractivity contribution in [3.63, 3.8) is 0 Å². The van der Waals surface area contributed by atoms with E-state index < -0.39 is 7.82 Å². The van der Waals surface area contributed by atoms with Gasteiger partial charge in [-0.25, -0.2) is 8.96 Å². The predicted octanol–water partition coefficient (Wildman–Crippen LogP) is 5.95. The van der Waals surface area contributed by atoms with Crippen LogP contribution in [0.15, 0.2) is 48.5 Å². The predicted molar refractivity (Wildman–Crippen MR) is 104 cm³/mol. The highest BCUT2D eigenvalue weighted by Gasteiger charge is 2.26. The standard InChI is InChI=1S/C20H23FNO4P/c1-14(2)22-18-8-6-5-7-17(18)20(15-9-11-16(21)12-10-15)19(22)13-26-27(23,24-3)25-4/h5-12,14H,13H2,1-4H3. The van der Waals surface area contributed by atoms with Crippen molar-refractivity contribution in [2.24, 2.45) is 0 Å². The van der Waals surface area contributed by atoms with Gasteiger partial charge in [-0.3, -0.25) is 13.6 Å². The molecule has 0 atom stereocenters. The number of halogens is 1. The Morgan fingerprint density at radius 2 is 1.67 bits per heavy atom. The summed E-state index contributed by atoms with van der Waals surface area (Å²) in [7, 11) is -1.07. The fourth-order valence-corrected chi connectivity index (χ4v) is 3.95. The molecule has 0 aliphatic carbocycles. The molecule has 0 saturated carbocycles. The van der Waals surface area contributed by atoms with Gasteiger partial charge in [0.15, 0.2) is 0 Å². The molecule has 0 N–H and O–H groups in total. The maximum atomic E-state index is 13.4. The number of nitrogens with zero attached hydrogens (tertiary/aromatic N) is 1. The fourth-order valence-electron chi connectivity index (χ4n) is 3.31. The van der Waals surface area contributed by atoms with Crippen LogP contribution in [0.4, 0.5) is 4.39 Å². The Labute approximate surface area is 158 Å². The van der Waals surface area contributed by atoms with Crippen LogP contribution in [0.5, 0.6) is 0 Å². The third-order valence-electron chi connectivity index (χ3n) is 4.47. The first-order chi connectivity index (χ1) is 12.9. The second kappa shape index (κ2) is 7.95. The first kappa shape index (κ1) is 19.8. The molecule has 0 amide bonds. The number of phosphoric acid groups is 1. The van der Waals surface area contributed by atoms with Crippen molar-refractivity contribution in [3.05, 3.63) is 60.0 Å². The van der Waals surface area contributed by atoms with E-state index in [-0.39, 0.29) is 18.5 Å². The minimum Gasteiger partial charge on any atom is -0.339 e. The topological polar surface area (TPSA) is 49.7 Å². The van der Waals surface area contributed by atoms with Crippen LogP contribution >= 0.6 is 7.82 Å². The fraction of sp³-hybridized carbons (Fsp3) is 0.300. The molecule has 144 valence electrons. The first-order valence-corrected chi connectivity index (χ1v) is 10.1. The number of rotatable bonds is 7. The molecule has 0 spiro atoms. The van der Waals surface area contributed by atoms with Gasteiger partial charge in [0.1, 0.15) is 5.82 Å². The van der Waals surface area contributed by atoms with E-state index in [4.69, 9.17) is 13.6 Å². The van der Waals surface area contributed by atoms with E-state index in [1.807, 2.05) is 24.3 Å². The van der Waals surface area contributed by atoms with Crippen molar-refractivity contribution in [2.45, 2.75) is 26.5 Å². The van der Waals surface area contributed by atoms with Crippen LogP contribution in [0.1, 0.15) is 25.6 Å². The quantitative estimate of drug-likeness (QED) is 0.467.